The van der Waals surface area contributed by atoms with E-state index in [4.69, 9.17) is 4.98 Å². The number of hydrogen-bond acceptors (Lipinski definition) is 6. The minimum absolute atomic E-state index is 0.197. The Balaban J connectivity index is 1.60. The number of nitrogens with zero attached hydrogens (tertiary/aromatic N) is 2. The molecule has 3 amide bonds. The highest BCUT2D eigenvalue weighted by Crippen LogP contribution is 2.37. The quantitative estimate of drug-likeness (QED) is 0.632. The Bertz CT molecular complexity index is 866. The number of amides is 3. The summed E-state index contributed by atoms with van der Waals surface area (Å²) >= 11 is 4.62. The van der Waals surface area contributed by atoms with E-state index in [-0.39, 0.29) is 11.9 Å². The van der Waals surface area contributed by atoms with Gasteiger partial charge in [0.05, 0.1) is 20.7 Å². The van der Waals surface area contributed by atoms with Crippen LogP contribution in [0.2, 0.25) is 0 Å². The van der Waals surface area contributed by atoms with Crippen LogP contribution >= 0.6 is 34.4 Å². The van der Waals surface area contributed by atoms with Gasteiger partial charge in [0.2, 0.25) is 5.91 Å². The molecule has 1 aliphatic heterocycles. The first-order valence-corrected chi connectivity index (χ1v) is 10.7. The monoisotopic (exact) mass is 404 g/mol. The highest BCUT2D eigenvalue weighted by atomic mass is 32.2. The molecule has 0 aliphatic carbocycles. The Hall–Kier alpha value is -2.10. The number of H-pyrrole nitrogens is 1. The molecule has 0 spiro atoms. The maximum Gasteiger partial charge on any atom is 0.324 e. The molecular formula is C17H16N4O2S3. The van der Waals surface area contributed by atoms with Gasteiger partial charge in [-0.25, -0.2) is 9.78 Å². The number of imidazole rings is 1. The summed E-state index contributed by atoms with van der Waals surface area (Å²) in [5, 5.41) is 6.98. The summed E-state index contributed by atoms with van der Waals surface area (Å²) in [5.41, 5.74) is 1.85. The number of carbonyl (C=O) groups is 2. The van der Waals surface area contributed by atoms with Crippen molar-refractivity contribution >= 4 is 46.4 Å². The van der Waals surface area contributed by atoms with E-state index in [2.05, 4.69) is 10.3 Å². The fraction of sp³-hybridized carbons (Fsp3) is 0.235. The lowest BCUT2D eigenvalue weighted by atomic mass is 10.2. The van der Waals surface area contributed by atoms with Crippen molar-refractivity contribution in [3.05, 3.63) is 35.0 Å². The minimum atomic E-state index is -0.405. The van der Waals surface area contributed by atoms with E-state index in [0.29, 0.717) is 18.2 Å². The van der Waals surface area contributed by atoms with Crippen molar-refractivity contribution in [2.75, 3.05) is 13.1 Å². The van der Waals surface area contributed by atoms with Gasteiger partial charge in [-0.05, 0) is 29.8 Å². The van der Waals surface area contributed by atoms with Crippen LogP contribution in [0.25, 0.3) is 21.1 Å². The van der Waals surface area contributed by atoms with Crippen LogP contribution in [0.1, 0.15) is 6.92 Å². The molecule has 3 aromatic rings. The molecule has 26 heavy (non-hydrogen) atoms. The van der Waals surface area contributed by atoms with Gasteiger partial charge in [-0.3, -0.25) is 9.69 Å². The standard InChI is InChI=1S/C17H16N4O2S3/c1-10(15(22)21-7-6-18-17(21)23)26-16-19-13(11-4-2-8-24-11)14(20-16)12-5-3-9-25-12/h2-5,8-10H,6-7H2,1H3,(H,18,23)(H,19,20). The molecule has 0 bridgehead atoms. The Kier molecular flexibility index (Phi) is 4.84. The Morgan fingerprint density at radius 3 is 2.62 bits per heavy atom. The van der Waals surface area contributed by atoms with E-state index >= 15 is 0 Å². The van der Waals surface area contributed by atoms with E-state index in [1.165, 1.54) is 16.7 Å². The molecule has 0 saturated carbocycles. The molecule has 1 saturated heterocycles. The molecule has 1 aliphatic rings. The fourth-order valence-electron chi connectivity index (χ4n) is 2.72. The zero-order valence-corrected chi connectivity index (χ0v) is 16.3. The number of imide groups is 1. The molecule has 6 nitrogen and oxygen atoms in total. The molecule has 0 radical (unpaired) electrons. The van der Waals surface area contributed by atoms with E-state index in [1.54, 1.807) is 29.6 Å². The van der Waals surface area contributed by atoms with E-state index in [1.807, 2.05) is 35.0 Å². The molecule has 4 rings (SSSR count). The maximum atomic E-state index is 12.5. The van der Waals surface area contributed by atoms with Gasteiger partial charge >= 0.3 is 6.03 Å². The lowest BCUT2D eigenvalue weighted by Gasteiger charge is -2.16. The average Bonchev–Trinajstić information content (AvgIpc) is 3.40. The number of aromatic nitrogens is 2. The summed E-state index contributed by atoms with van der Waals surface area (Å²) in [5.74, 6) is -0.197. The van der Waals surface area contributed by atoms with Gasteiger partial charge in [0.25, 0.3) is 0 Å². The lowest BCUT2D eigenvalue weighted by molar-refractivity contribution is -0.126. The molecule has 0 aromatic carbocycles. The smallest absolute Gasteiger partial charge is 0.324 e. The predicted molar refractivity (Wildman–Crippen MR) is 106 cm³/mol. The minimum Gasteiger partial charge on any atom is -0.336 e. The van der Waals surface area contributed by atoms with Crippen LogP contribution < -0.4 is 5.32 Å². The van der Waals surface area contributed by atoms with Crippen molar-refractivity contribution < 1.29 is 9.59 Å². The van der Waals surface area contributed by atoms with Gasteiger partial charge in [-0.1, -0.05) is 23.9 Å². The summed E-state index contributed by atoms with van der Waals surface area (Å²) in [6, 6.07) is 7.77. The number of carbonyl (C=O) groups excluding carboxylic acids is 2. The normalized spacial score (nSPS) is 15.3. The highest BCUT2D eigenvalue weighted by molar-refractivity contribution is 8.00. The summed E-state index contributed by atoms with van der Waals surface area (Å²) < 4.78 is 0. The lowest BCUT2D eigenvalue weighted by Crippen LogP contribution is -2.38. The number of hydrogen-bond donors (Lipinski definition) is 2. The van der Waals surface area contributed by atoms with Crippen LogP contribution in [0.5, 0.6) is 0 Å². The second kappa shape index (κ2) is 7.26. The first kappa shape index (κ1) is 17.3. The molecule has 3 aromatic heterocycles. The number of thiophene rings is 2. The highest BCUT2D eigenvalue weighted by Gasteiger charge is 2.31. The summed E-state index contributed by atoms with van der Waals surface area (Å²) in [7, 11) is 0. The second-order valence-corrected chi connectivity index (χ2v) is 8.93. The van der Waals surface area contributed by atoms with Gasteiger partial charge in [0.15, 0.2) is 5.16 Å². The van der Waals surface area contributed by atoms with E-state index in [0.717, 1.165) is 21.1 Å². The summed E-state index contributed by atoms with van der Waals surface area (Å²) in [4.78, 5) is 35.8. The van der Waals surface area contributed by atoms with Gasteiger partial charge in [0.1, 0.15) is 5.69 Å². The van der Waals surface area contributed by atoms with Crippen molar-refractivity contribution in [3.8, 4) is 21.1 Å². The van der Waals surface area contributed by atoms with Crippen molar-refractivity contribution in [3.63, 3.8) is 0 Å². The average molecular weight is 405 g/mol. The van der Waals surface area contributed by atoms with Gasteiger partial charge in [-0.15, -0.1) is 22.7 Å². The SMILES string of the molecule is CC(Sc1nc(-c2cccs2)c(-c2cccs2)[nH]1)C(=O)N1CCNC1=O. The van der Waals surface area contributed by atoms with Crippen LogP contribution in [-0.4, -0.2) is 45.1 Å². The molecule has 9 heteroatoms. The third-order valence-corrected chi connectivity index (χ3v) is 6.70. The van der Waals surface area contributed by atoms with Gasteiger partial charge in [-0.2, -0.15) is 0 Å². The number of thioether (sulfide) groups is 1. The van der Waals surface area contributed by atoms with Crippen LogP contribution in [-0.2, 0) is 4.79 Å². The van der Waals surface area contributed by atoms with Crippen LogP contribution in [0.15, 0.2) is 40.2 Å². The number of aromatic amines is 1. The molecule has 1 unspecified atom stereocenters. The van der Waals surface area contributed by atoms with Crippen LogP contribution in [0.3, 0.4) is 0 Å². The van der Waals surface area contributed by atoms with Crippen molar-refractivity contribution in [1.29, 1.82) is 0 Å². The second-order valence-electron chi connectivity index (χ2n) is 5.70. The fourth-order valence-corrected chi connectivity index (χ4v) is 5.03. The summed E-state index contributed by atoms with van der Waals surface area (Å²) in [6.45, 7) is 2.73. The predicted octanol–water partition coefficient (Wildman–Crippen LogP) is 3.90. The van der Waals surface area contributed by atoms with Crippen molar-refractivity contribution in [2.24, 2.45) is 0 Å². The summed E-state index contributed by atoms with van der Waals surface area (Å²) in [6.07, 6.45) is 0. The first-order valence-electron chi connectivity index (χ1n) is 8.07. The number of rotatable bonds is 5. The Labute approximate surface area is 162 Å². The molecule has 2 N–H and O–H groups in total. The zero-order valence-electron chi connectivity index (χ0n) is 13.9. The van der Waals surface area contributed by atoms with Crippen LogP contribution in [0, 0.1) is 0 Å². The topological polar surface area (TPSA) is 78.1 Å². The Morgan fingerprint density at radius 1 is 1.27 bits per heavy atom. The first-order chi connectivity index (χ1) is 12.6. The molecule has 1 fully saturated rings. The third-order valence-electron chi connectivity index (χ3n) is 3.96. The van der Waals surface area contributed by atoms with E-state index < -0.39 is 5.25 Å². The third kappa shape index (κ3) is 3.29. The largest absolute Gasteiger partial charge is 0.336 e. The van der Waals surface area contributed by atoms with Gasteiger partial charge in [0, 0.05) is 13.1 Å². The van der Waals surface area contributed by atoms with Crippen molar-refractivity contribution in [1.82, 2.24) is 20.2 Å². The molecule has 134 valence electrons. The van der Waals surface area contributed by atoms with Gasteiger partial charge < -0.3 is 10.3 Å². The Morgan fingerprint density at radius 2 is 2.00 bits per heavy atom. The van der Waals surface area contributed by atoms with E-state index in [9.17, 15) is 9.59 Å². The maximum absolute atomic E-state index is 12.5. The zero-order chi connectivity index (χ0) is 18.1. The van der Waals surface area contributed by atoms with Crippen LogP contribution in [0.4, 0.5) is 4.79 Å². The molecule has 1 atom stereocenters. The molecule has 4 heterocycles. The number of nitrogens with one attached hydrogen (secondary N) is 2. The molecular weight excluding hydrogens is 388 g/mol. The van der Waals surface area contributed by atoms with Crippen molar-refractivity contribution in [2.45, 2.75) is 17.3 Å². The number of urea groups is 1.